The summed E-state index contributed by atoms with van der Waals surface area (Å²) in [5.41, 5.74) is 7.80. The van der Waals surface area contributed by atoms with Gasteiger partial charge in [0, 0.05) is 12.1 Å². The van der Waals surface area contributed by atoms with Crippen molar-refractivity contribution in [1.82, 2.24) is 15.5 Å². The molecule has 0 atom stereocenters. The summed E-state index contributed by atoms with van der Waals surface area (Å²) in [6.45, 7) is 3.91. The molecule has 0 fully saturated rings. The molecule has 2 aromatic heterocycles. The Morgan fingerprint density at radius 3 is 2.89 bits per heavy atom. The van der Waals surface area contributed by atoms with Crippen LogP contribution in [-0.2, 0) is 6.54 Å². The van der Waals surface area contributed by atoms with Gasteiger partial charge in [0.25, 0.3) is 5.91 Å². The third-order valence-corrected chi connectivity index (χ3v) is 3.01. The number of hydrogen-bond donors (Lipinski definition) is 2. The Hall–Kier alpha value is -2.08. The minimum Gasteiger partial charge on any atom is -0.397 e. The molecular weight excluding hydrogens is 268 g/mol. The van der Waals surface area contributed by atoms with E-state index in [2.05, 4.69) is 15.5 Å². The van der Waals surface area contributed by atoms with E-state index in [9.17, 15) is 4.79 Å². The van der Waals surface area contributed by atoms with Crippen LogP contribution in [0, 0.1) is 13.8 Å². The Morgan fingerprint density at radius 2 is 2.26 bits per heavy atom. The molecule has 0 aliphatic heterocycles. The predicted molar refractivity (Wildman–Crippen MR) is 70.8 cm³/mol. The van der Waals surface area contributed by atoms with Crippen LogP contribution in [0.5, 0.6) is 0 Å². The summed E-state index contributed by atoms with van der Waals surface area (Å²) in [5.74, 6) is 0.333. The van der Waals surface area contributed by atoms with E-state index in [1.54, 1.807) is 6.92 Å². The van der Waals surface area contributed by atoms with Crippen LogP contribution in [0.1, 0.15) is 27.4 Å². The molecule has 0 aliphatic carbocycles. The first kappa shape index (κ1) is 13.4. The van der Waals surface area contributed by atoms with E-state index >= 15 is 0 Å². The SMILES string of the molecule is Cc1noc(C)c1CNC(=O)c1cc(N)cnc1Cl. The Morgan fingerprint density at radius 1 is 1.53 bits per heavy atom. The maximum atomic E-state index is 12.0. The molecule has 7 heteroatoms. The zero-order valence-corrected chi connectivity index (χ0v) is 11.3. The monoisotopic (exact) mass is 280 g/mol. The van der Waals surface area contributed by atoms with Gasteiger partial charge in [-0.25, -0.2) is 4.98 Å². The normalized spacial score (nSPS) is 10.5. The molecule has 2 aromatic rings. The first-order valence-corrected chi connectivity index (χ1v) is 5.97. The number of nitrogen functional groups attached to an aromatic ring is 1. The smallest absolute Gasteiger partial charge is 0.254 e. The molecular formula is C12H13ClN4O2. The molecule has 0 aliphatic rings. The van der Waals surface area contributed by atoms with Gasteiger partial charge in [-0.05, 0) is 19.9 Å². The lowest BCUT2D eigenvalue weighted by molar-refractivity contribution is 0.0950. The van der Waals surface area contributed by atoms with E-state index in [1.165, 1.54) is 12.3 Å². The molecule has 0 saturated carbocycles. The average Bonchev–Trinajstić information content (AvgIpc) is 2.69. The molecule has 0 radical (unpaired) electrons. The lowest BCUT2D eigenvalue weighted by atomic mass is 10.2. The summed E-state index contributed by atoms with van der Waals surface area (Å²) in [4.78, 5) is 15.8. The van der Waals surface area contributed by atoms with Gasteiger partial charge < -0.3 is 15.6 Å². The summed E-state index contributed by atoms with van der Waals surface area (Å²) < 4.78 is 5.02. The number of aryl methyl sites for hydroxylation is 2. The van der Waals surface area contributed by atoms with Gasteiger partial charge in [-0.3, -0.25) is 4.79 Å². The van der Waals surface area contributed by atoms with Crippen molar-refractivity contribution in [3.63, 3.8) is 0 Å². The van der Waals surface area contributed by atoms with Crippen molar-refractivity contribution >= 4 is 23.2 Å². The fourth-order valence-corrected chi connectivity index (χ4v) is 1.83. The standard InChI is InChI=1S/C12H13ClN4O2/c1-6-10(7(2)19-17-6)5-16-12(18)9-3-8(14)4-15-11(9)13/h3-4H,5,14H2,1-2H3,(H,16,18). The van der Waals surface area contributed by atoms with Crippen molar-refractivity contribution in [3.8, 4) is 0 Å². The Balaban J connectivity index is 2.12. The minimum absolute atomic E-state index is 0.116. The summed E-state index contributed by atoms with van der Waals surface area (Å²) in [6.07, 6.45) is 1.40. The van der Waals surface area contributed by atoms with Gasteiger partial charge in [-0.2, -0.15) is 0 Å². The molecule has 0 aromatic carbocycles. The second-order valence-corrected chi connectivity index (χ2v) is 4.45. The average molecular weight is 281 g/mol. The Labute approximate surface area is 114 Å². The molecule has 6 nitrogen and oxygen atoms in total. The molecule has 3 N–H and O–H groups in total. The number of halogens is 1. The van der Waals surface area contributed by atoms with E-state index in [1.807, 2.05) is 6.92 Å². The number of carbonyl (C=O) groups excluding carboxylic acids is 1. The second-order valence-electron chi connectivity index (χ2n) is 4.09. The first-order chi connectivity index (χ1) is 8.99. The number of nitrogens with one attached hydrogen (secondary N) is 1. The second kappa shape index (κ2) is 5.27. The number of amides is 1. The number of nitrogens with two attached hydrogens (primary N) is 1. The van der Waals surface area contributed by atoms with Crippen molar-refractivity contribution in [2.24, 2.45) is 0 Å². The van der Waals surface area contributed by atoms with Gasteiger partial charge in [0.05, 0.1) is 23.1 Å². The molecule has 0 saturated heterocycles. The van der Waals surface area contributed by atoms with Gasteiger partial charge in [0.2, 0.25) is 0 Å². The lowest BCUT2D eigenvalue weighted by Gasteiger charge is -2.06. The van der Waals surface area contributed by atoms with Crippen LogP contribution in [0.25, 0.3) is 0 Å². The third-order valence-electron chi connectivity index (χ3n) is 2.71. The lowest BCUT2D eigenvalue weighted by Crippen LogP contribution is -2.24. The quantitative estimate of drug-likeness (QED) is 0.837. The summed E-state index contributed by atoms with van der Waals surface area (Å²) in [6, 6.07) is 1.48. The highest BCUT2D eigenvalue weighted by Crippen LogP contribution is 2.16. The van der Waals surface area contributed by atoms with E-state index in [4.69, 9.17) is 21.9 Å². The summed E-state index contributed by atoms with van der Waals surface area (Å²) in [7, 11) is 0. The van der Waals surface area contributed by atoms with Gasteiger partial charge in [0.15, 0.2) is 0 Å². The molecule has 100 valence electrons. The van der Waals surface area contributed by atoms with Crippen LogP contribution in [0.3, 0.4) is 0 Å². The maximum Gasteiger partial charge on any atom is 0.254 e. The van der Waals surface area contributed by atoms with Gasteiger partial charge in [-0.15, -0.1) is 0 Å². The van der Waals surface area contributed by atoms with E-state index in [0.717, 1.165) is 11.3 Å². The van der Waals surface area contributed by atoms with Gasteiger partial charge in [0.1, 0.15) is 10.9 Å². The highest BCUT2D eigenvalue weighted by atomic mass is 35.5. The molecule has 19 heavy (non-hydrogen) atoms. The molecule has 1 amide bonds. The van der Waals surface area contributed by atoms with Crippen LogP contribution in [0.15, 0.2) is 16.8 Å². The van der Waals surface area contributed by atoms with E-state index < -0.39 is 0 Å². The first-order valence-electron chi connectivity index (χ1n) is 5.60. The highest BCUT2D eigenvalue weighted by Gasteiger charge is 2.14. The molecule has 2 rings (SSSR count). The largest absolute Gasteiger partial charge is 0.397 e. The number of rotatable bonds is 3. The van der Waals surface area contributed by atoms with Crippen molar-refractivity contribution < 1.29 is 9.32 Å². The molecule has 0 unspecified atom stereocenters. The van der Waals surface area contributed by atoms with Crippen LogP contribution in [0.2, 0.25) is 5.15 Å². The van der Waals surface area contributed by atoms with Crippen LogP contribution in [0.4, 0.5) is 5.69 Å². The maximum absolute atomic E-state index is 12.0. The summed E-state index contributed by atoms with van der Waals surface area (Å²) in [5, 5.41) is 6.66. The fraction of sp³-hybridized carbons (Fsp3) is 0.250. The molecule has 0 bridgehead atoms. The highest BCUT2D eigenvalue weighted by molar-refractivity contribution is 6.32. The molecule has 2 heterocycles. The Kier molecular flexibility index (Phi) is 3.71. The summed E-state index contributed by atoms with van der Waals surface area (Å²) >= 11 is 5.86. The number of carbonyl (C=O) groups is 1. The molecule has 0 spiro atoms. The van der Waals surface area contributed by atoms with Crippen LogP contribution >= 0.6 is 11.6 Å². The van der Waals surface area contributed by atoms with Gasteiger partial charge in [-0.1, -0.05) is 16.8 Å². The van der Waals surface area contributed by atoms with Crippen LogP contribution in [-0.4, -0.2) is 16.0 Å². The fourth-order valence-electron chi connectivity index (χ4n) is 1.64. The zero-order chi connectivity index (χ0) is 14.0. The van der Waals surface area contributed by atoms with Crippen molar-refractivity contribution in [1.29, 1.82) is 0 Å². The van der Waals surface area contributed by atoms with Crippen LogP contribution < -0.4 is 11.1 Å². The zero-order valence-electron chi connectivity index (χ0n) is 10.5. The van der Waals surface area contributed by atoms with Crippen molar-refractivity contribution in [3.05, 3.63) is 40.0 Å². The van der Waals surface area contributed by atoms with Gasteiger partial charge >= 0.3 is 0 Å². The number of pyridine rings is 1. The van der Waals surface area contributed by atoms with E-state index in [0.29, 0.717) is 18.0 Å². The topological polar surface area (TPSA) is 94.0 Å². The minimum atomic E-state index is -0.343. The van der Waals surface area contributed by atoms with Crippen molar-refractivity contribution in [2.75, 3.05) is 5.73 Å². The Bertz CT molecular complexity index is 605. The number of aromatic nitrogens is 2. The third kappa shape index (κ3) is 2.85. The number of nitrogens with zero attached hydrogens (tertiary/aromatic N) is 2. The van der Waals surface area contributed by atoms with E-state index in [-0.39, 0.29) is 16.6 Å². The predicted octanol–water partition coefficient (Wildman–Crippen LogP) is 1.85. The van der Waals surface area contributed by atoms with Crippen molar-refractivity contribution in [2.45, 2.75) is 20.4 Å². The number of anilines is 1. The number of hydrogen-bond acceptors (Lipinski definition) is 5.